The molecule has 1 atom stereocenters. The molecule has 112 valence electrons. The van der Waals surface area contributed by atoms with E-state index in [1.807, 2.05) is 17.8 Å². The van der Waals surface area contributed by atoms with Gasteiger partial charge in [-0.05, 0) is 31.0 Å². The highest BCUT2D eigenvalue weighted by atomic mass is 32.2. The summed E-state index contributed by atoms with van der Waals surface area (Å²) < 4.78 is 23.3. The summed E-state index contributed by atoms with van der Waals surface area (Å²) in [5.41, 5.74) is 7.84. The Labute approximate surface area is 124 Å². The van der Waals surface area contributed by atoms with Gasteiger partial charge in [0.2, 0.25) is 10.0 Å². The Bertz CT molecular complexity index is 602. The van der Waals surface area contributed by atoms with Crippen molar-refractivity contribution in [3.8, 4) is 0 Å². The molecule has 1 aliphatic rings. The second-order valence-corrected chi connectivity index (χ2v) is 7.99. The number of rotatable bonds is 3. The maximum absolute atomic E-state index is 11.7. The first-order valence-corrected chi connectivity index (χ1v) is 9.22. The Balaban J connectivity index is 2.44. The van der Waals surface area contributed by atoms with Gasteiger partial charge in [-0.1, -0.05) is 6.92 Å². The SMILES string of the molecule is CCC1CN(c2cc(N)cc(S(N)(=O)=O)c2C)CCS1. The van der Waals surface area contributed by atoms with E-state index in [0.717, 1.165) is 31.0 Å². The minimum absolute atomic E-state index is 0.124. The second-order valence-electron chi connectivity index (χ2n) is 5.06. The molecule has 0 bridgehead atoms. The van der Waals surface area contributed by atoms with Gasteiger partial charge in [0.15, 0.2) is 0 Å². The van der Waals surface area contributed by atoms with Crippen LogP contribution in [0.1, 0.15) is 18.9 Å². The van der Waals surface area contributed by atoms with Crippen LogP contribution >= 0.6 is 11.8 Å². The summed E-state index contributed by atoms with van der Waals surface area (Å²) in [5, 5.41) is 5.84. The van der Waals surface area contributed by atoms with Crippen molar-refractivity contribution in [1.29, 1.82) is 0 Å². The number of hydrogen-bond donors (Lipinski definition) is 2. The zero-order chi connectivity index (χ0) is 14.9. The van der Waals surface area contributed by atoms with Gasteiger partial charge in [0.05, 0.1) is 4.90 Å². The van der Waals surface area contributed by atoms with Gasteiger partial charge in [0, 0.05) is 35.5 Å². The number of hydrogen-bond acceptors (Lipinski definition) is 5. The molecule has 20 heavy (non-hydrogen) atoms. The average Bonchev–Trinajstić information content (AvgIpc) is 2.40. The van der Waals surface area contributed by atoms with Crippen molar-refractivity contribution in [2.24, 2.45) is 5.14 Å². The van der Waals surface area contributed by atoms with Gasteiger partial charge >= 0.3 is 0 Å². The van der Waals surface area contributed by atoms with Gasteiger partial charge in [-0.25, -0.2) is 13.6 Å². The Morgan fingerprint density at radius 1 is 1.45 bits per heavy atom. The fourth-order valence-electron chi connectivity index (χ4n) is 2.50. The molecule has 2 rings (SSSR count). The highest BCUT2D eigenvalue weighted by Gasteiger charge is 2.23. The molecule has 1 aromatic rings. The molecule has 0 aliphatic carbocycles. The summed E-state index contributed by atoms with van der Waals surface area (Å²) in [6.45, 7) is 5.77. The maximum atomic E-state index is 11.7. The Kier molecular flexibility index (Phi) is 4.51. The second kappa shape index (κ2) is 5.83. The monoisotopic (exact) mass is 315 g/mol. The van der Waals surface area contributed by atoms with E-state index in [1.54, 1.807) is 6.92 Å². The molecule has 5 nitrogen and oxygen atoms in total. The predicted octanol–water partition coefficient (Wildman–Crippen LogP) is 1.56. The van der Waals surface area contributed by atoms with Crippen molar-refractivity contribution in [2.45, 2.75) is 30.4 Å². The van der Waals surface area contributed by atoms with Crippen molar-refractivity contribution in [3.63, 3.8) is 0 Å². The number of thioether (sulfide) groups is 1. The number of sulfonamides is 1. The van der Waals surface area contributed by atoms with Gasteiger partial charge in [-0.15, -0.1) is 0 Å². The molecule has 1 heterocycles. The molecule has 4 N–H and O–H groups in total. The molecule has 0 spiro atoms. The summed E-state index contributed by atoms with van der Waals surface area (Å²) >= 11 is 1.97. The van der Waals surface area contributed by atoms with Crippen LogP contribution in [0.4, 0.5) is 11.4 Å². The third kappa shape index (κ3) is 3.21. The van der Waals surface area contributed by atoms with Crippen molar-refractivity contribution in [2.75, 3.05) is 29.5 Å². The molecule has 0 saturated carbocycles. The van der Waals surface area contributed by atoms with Crippen molar-refractivity contribution >= 4 is 33.2 Å². The lowest BCUT2D eigenvalue weighted by Gasteiger charge is -2.35. The first kappa shape index (κ1) is 15.5. The zero-order valence-electron chi connectivity index (χ0n) is 11.8. The van der Waals surface area contributed by atoms with Crippen LogP contribution in [0.3, 0.4) is 0 Å². The molecule has 0 amide bonds. The highest BCUT2D eigenvalue weighted by Crippen LogP contribution is 2.32. The quantitative estimate of drug-likeness (QED) is 0.826. The molecule has 7 heteroatoms. The summed E-state index contributed by atoms with van der Waals surface area (Å²) in [6.07, 6.45) is 1.10. The molecule has 0 aromatic heterocycles. The predicted molar refractivity (Wildman–Crippen MR) is 85.7 cm³/mol. The lowest BCUT2D eigenvalue weighted by Crippen LogP contribution is -2.38. The van der Waals surface area contributed by atoms with Crippen LogP contribution in [0, 0.1) is 6.92 Å². The lowest BCUT2D eigenvalue weighted by atomic mass is 10.1. The van der Waals surface area contributed by atoms with E-state index < -0.39 is 10.0 Å². The van der Waals surface area contributed by atoms with Gasteiger partial charge in [-0.2, -0.15) is 11.8 Å². The molecule has 0 radical (unpaired) electrons. The van der Waals surface area contributed by atoms with Crippen molar-refractivity contribution in [1.82, 2.24) is 0 Å². The van der Waals surface area contributed by atoms with E-state index in [0.29, 0.717) is 16.5 Å². The summed E-state index contributed by atoms with van der Waals surface area (Å²) in [6, 6.07) is 3.27. The van der Waals surface area contributed by atoms with Gasteiger partial charge < -0.3 is 10.6 Å². The number of nitrogens with two attached hydrogens (primary N) is 2. The smallest absolute Gasteiger partial charge is 0.238 e. The van der Waals surface area contributed by atoms with Crippen LogP contribution in [0.2, 0.25) is 0 Å². The third-order valence-electron chi connectivity index (χ3n) is 3.60. The van der Waals surface area contributed by atoms with Crippen molar-refractivity contribution < 1.29 is 8.42 Å². The molecular weight excluding hydrogens is 294 g/mol. The highest BCUT2D eigenvalue weighted by molar-refractivity contribution is 8.00. The largest absolute Gasteiger partial charge is 0.399 e. The van der Waals surface area contributed by atoms with Crippen LogP contribution in [0.15, 0.2) is 17.0 Å². The Morgan fingerprint density at radius 2 is 2.15 bits per heavy atom. The fourth-order valence-corrected chi connectivity index (χ4v) is 4.51. The van der Waals surface area contributed by atoms with Gasteiger partial charge in [0.25, 0.3) is 0 Å². The first-order valence-electron chi connectivity index (χ1n) is 6.62. The van der Waals surface area contributed by atoms with Crippen molar-refractivity contribution in [3.05, 3.63) is 17.7 Å². The molecule has 1 fully saturated rings. The topological polar surface area (TPSA) is 89.4 Å². The zero-order valence-corrected chi connectivity index (χ0v) is 13.4. The number of nitrogen functional groups attached to an aromatic ring is 1. The van der Waals surface area contributed by atoms with Gasteiger partial charge in [0.1, 0.15) is 0 Å². The van der Waals surface area contributed by atoms with Crippen LogP contribution in [0.5, 0.6) is 0 Å². The fraction of sp³-hybridized carbons (Fsp3) is 0.538. The van der Waals surface area contributed by atoms with Crippen LogP contribution in [-0.4, -0.2) is 32.5 Å². The van der Waals surface area contributed by atoms with Crippen LogP contribution in [-0.2, 0) is 10.0 Å². The standard InChI is InChI=1S/C13H21N3O2S2/c1-3-11-8-16(4-5-19-11)12-6-10(14)7-13(9(12)2)20(15,17)18/h6-7,11H,3-5,8,14H2,1-2H3,(H2,15,17,18). The van der Waals surface area contributed by atoms with E-state index in [-0.39, 0.29) is 4.90 Å². The summed E-state index contributed by atoms with van der Waals surface area (Å²) in [7, 11) is -3.75. The third-order valence-corrected chi connectivity index (χ3v) is 6.01. The van der Waals surface area contributed by atoms with Crippen LogP contribution in [0.25, 0.3) is 0 Å². The number of anilines is 2. The molecule has 1 aromatic carbocycles. The molecule has 1 unspecified atom stereocenters. The molecule has 1 aliphatic heterocycles. The summed E-state index contributed by atoms with van der Waals surface area (Å²) in [4.78, 5) is 2.34. The normalized spacial score (nSPS) is 20.1. The minimum Gasteiger partial charge on any atom is -0.399 e. The minimum atomic E-state index is -3.75. The number of primary sulfonamides is 1. The van der Waals surface area contributed by atoms with E-state index in [2.05, 4.69) is 11.8 Å². The van der Waals surface area contributed by atoms with E-state index >= 15 is 0 Å². The maximum Gasteiger partial charge on any atom is 0.238 e. The van der Waals surface area contributed by atoms with E-state index in [1.165, 1.54) is 6.07 Å². The van der Waals surface area contributed by atoms with Gasteiger partial charge in [-0.3, -0.25) is 0 Å². The first-order chi connectivity index (χ1) is 9.32. The Morgan fingerprint density at radius 3 is 2.75 bits per heavy atom. The van der Waals surface area contributed by atoms with Crippen LogP contribution < -0.4 is 15.8 Å². The van der Waals surface area contributed by atoms with E-state index in [4.69, 9.17) is 10.9 Å². The Hall–Kier alpha value is -0.920. The summed E-state index contributed by atoms with van der Waals surface area (Å²) in [5.74, 6) is 1.04. The molecular formula is C13H21N3O2S2. The lowest BCUT2D eigenvalue weighted by molar-refractivity contribution is 0.597. The molecule has 1 saturated heterocycles. The average molecular weight is 315 g/mol. The van der Waals surface area contributed by atoms with E-state index in [9.17, 15) is 8.42 Å². The number of benzene rings is 1. The number of nitrogens with zero attached hydrogens (tertiary/aromatic N) is 1.